The molecule has 26 heavy (non-hydrogen) atoms. The lowest BCUT2D eigenvalue weighted by Crippen LogP contribution is -2.48. The summed E-state index contributed by atoms with van der Waals surface area (Å²) in [5.74, 6) is 0. The van der Waals surface area contributed by atoms with Gasteiger partial charge in [0.05, 0.1) is 14.9 Å². The van der Waals surface area contributed by atoms with Crippen LogP contribution in [0, 0.1) is 0 Å². The quantitative estimate of drug-likeness (QED) is 0.369. The zero-order valence-electron chi connectivity index (χ0n) is 14.4. The normalized spacial score (nSPS) is 15.1. The lowest BCUT2D eigenvalue weighted by atomic mass is 9.67. The third kappa shape index (κ3) is 1.59. The van der Waals surface area contributed by atoms with Crippen LogP contribution in [0.5, 0.6) is 0 Å². The summed E-state index contributed by atoms with van der Waals surface area (Å²) in [4.78, 5) is 0. The predicted octanol–water partition coefficient (Wildman–Crippen LogP) is 3.48. The summed E-state index contributed by atoms with van der Waals surface area (Å²) in [5, 5.41) is 3.16. The van der Waals surface area contributed by atoms with Crippen LogP contribution in [0.3, 0.4) is 0 Å². The van der Waals surface area contributed by atoms with Crippen LogP contribution >= 0.6 is 0 Å². The van der Waals surface area contributed by atoms with Gasteiger partial charge in [-0.3, -0.25) is 0 Å². The van der Waals surface area contributed by atoms with E-state index in [9.17, 15) is 0 Å². The van der Waals surface area contributed by atoms with Crippen LogP contribution in [0.4, 0.5) is 0 Å². The largest absolute Gasteiger partial charge is 0.0883 e. The molecular formula is C25H18Si. The van der Waals surface area contributed by atoms with Crippen molar-refractivity contribution in [2.45, 2.75) is 5.41 Å². The first-order chi connectivity index (χ1) is 12.9. The van der Waals surface area contributed by atoms with Crippen molar-refractivity contribution in [2.24, 2.45) is 0 Å². The van der Waals surface area contributed by atoms with Crippen molar-refractivity contribution in [3.8, 4) is 11.1 Å². The summed E-state index contributed by atoms with van der Waals surface area (Å²) in [5.41, 5.74) is 8.49. The van der Waals surface area contributed by atoms with E-state index in [1.54, 1.807) is 10.4 Å². The molecule has 0 radical (unpaired) electrons. The van der Waals surface area contributed by atoms with E-state index in [4.69, 9.17) is 0 Å². The summed E-state index contributed by atoms with van der Waals surface area (Å²) in [7, 11) is -0.455. The molecule has 0 fully saturated rings. The summed E-state index contributed by atoms with van der Waals surface area (Å²) in [6.07, 6.45) is 0. The molecule has 0 amide bonds. The lowest BCUT2D eigenvalue weighted by molar-refractivity contribution is 0.775. The Hall–Kier alpha value is -2.90. The maximum atomic E-state index is 2.37. The van der Waals surface area contributed by atoms with E-state index in [-0.39, 0.29) is 5.41 Å². The maximum absolute atomic E-state index is 2.37. The fraction of sp³-hybridized carbons (Fsp3) is 0.0400. The van der Waals surface area contributed by atoms with Gasteiger partial charge in [0.15, 0.2) is 0 Å². The second-order valence-electron chi connectivity index (χ2n) is 7.33. The molecule has 0 saturated carbocycles. The van der Waals surface area contributed by atoms with Crippen molar-refractivity contribution in [3.05, 3.63) is 119 Å². The highest BCUT2D eigenvalue weighted by Gasteiger charge is 2.49. The van der Waals surface area contributed by atoms with Crippen molar-refractivity contribution < 1.29 is 0 Å². The van der Waals surface area contributed by atoms with E-state index < -0.39 is 9.52 Å². The standard InChI is InChI=1S/C25H18Si/c1-3-11-19-17(9-1)18-10-2-4-12-20(18)25(19)21-13-5-7-15-23(21)26-24-16-8-6-14-22(24)25/h1-16H,26H2. The zero-order chi connectivity index (χ0) is 17.1. The van der Waals surface area contributed by atoms with Crippen LogP contribution in [-0.2, 0) is 5.41 Å². The summed E-state index contributed by atoms with van der Waals surface area (Å²) >= 11 is 0. The molecule has 6 rings (SSSR count). The third-order valence-corrected chi connectivity index (χ3v) is 8.17. The first kappa shape index (κ1) is 14.3. The van der Waals surface area contributed by atoms with Gasteiger partial charge in [-0.2, -0.15) is 0 Å². The summed E-state index contributed by atoms with van der Waals surface area (Å²) < 4.78 is 0. The summed E-state index contributed by atoms with van der Waals surface area (Å²) in [6.45, 7) is 0. The number of rotatable bonds is 0. The first-order valence-corrected chi connectivity index (χ1v) is 10.7. The average Bonchev–Trinajstić information content (AvgIpc) is 3.00. The van der Waals surface area contributed by atoms with Gasteiger partial charge in [-0.25, -0.2) is 0 Å². The van der Waals surface area contributed by atoms with Gasteiger partial charge in [0.2, 0.25) is 0 Å². The molecule has 0 unspecified atom stereocenters. The highest BCUT2D eigenvalue weighted by Crippen LogP contribution is 2.55. The van der Waals surface area contributed by atoms with Gasteiger partial charge >= 0.3 is 0 Å². The predicted molar refractivity (Wildman–Crippen MR) is 112 cm³/mol. The van der Waals surface area contributed by atoms with Crippen LogP contribution < -0.4 is 10.4 Å². The molecule has 1 aliphatic carbocycles. The van der Waals surface area contributed by atoms with Gasteiger partial charge in [0.1, 0.15) is 0 Å². The van der Waals surface area contributed by atoms with Crippen LogP contribution in [0.1, 0.15) is 22.3 Å². The molecule has 1 heteroatoms. The highest BCUT2D eigenvalue weighted by atomic mass is 28.2. The molecule has 0 saturated heterocycles. The highest BCUT2D eigenvalue weighted by molar-refractivity contribution is 6.69. The molecule has 1 aliphatic heterocycles. The lowest BCUT2D eigenvalue weighted by Gasteiger charge is -2.40. The van der Waals surface area contributed by atoms with Crippen molar-refractivity contribution >= 4 is 19.9 Å². The van der Waals surface area contributed by atoms with Crippen molar-refractivity contribution in [1.29, 1.82) is 0 Å². The topological polar surface area (TPSA) is 0 Å². The minimum absolute atomic E-state index is 0.161. The van der Waals surface area contributed by atoms with Crippen molar-refractivity contribution in [2.75, 3.05) is 0 Å². The maximum Gasteiger partial charge on any atom is 0.0883 e. The second kappa shape index (κ2) is 5.06. The molecule has 4 aromatic rings. The second-order valence-corrected chi connectivity index (χ2v) is 9.21. The molecule has 1 spiro atoms. The molecule has 2 aliphatic rings. The Morgan fingerprint density at radius 1 is 0.423 bits per heavy atom. The Bertz CT molecular complexity index is 1080. The van der Waals surface area contributed by atoms with Gasteiger partial charge in [-0.1, -0.05) is 107 Å². The molecule has 0 N–H and O–H groups in total. The fourth-order valence-electron chi connectivity index (χ4n) is 5.25. The third-order valence-electron chi connectivity index (χ3n) is 6.18. The van der Waals surface area contributed by atoms with Gasteiger partial charge in [0, 0.05) is 0 Å². The molecule has 0 atom stereocenters. The van der Waals surface area contributed by atoms with Crippen molar-refractivity contribution in [1.82, 2.24) is 0 Å². The minimum Gasteiger partial charge on any atom is -0.0629 e. The van der Waals surface area contributed by atoms with E-state index in [0.29, 0.717) is 0 Å². The Morgan fingerprint density at radius 3 is 1.31 bits per heavy atom. The smallest absolute Gasteiger partial charge is 0.0629 e. The number of benzene rings is 4. The van der Waals surface area contributed by atoms with E-state index >= 15 is 0 Å². The molecular weight excluding hydrogens is 328 g/mol. The Kier molecular flexibility index (Phi) is 2.78. The Labute approximate surface area is 156 Å². The fourth-order valence-corrected chi connectivity index (χ4v) is 7.31. The summed E-state index contributed by atoms with van der Waals surface area (Å²) in [6, 6.07) is 36.3. The zero-order valence-corrected chi connectivity index (χ0v) is 15.9. The Balaban J connectivity index is 1.87. The average molecular weight is 347 g/mol. The van der Waals surface area contributed by atoms with E-state index in [2.05, 4.69) is 97.1 Å². The SMILES string of the molecule is c1ccc2c(c1)[SiH2]c1ccccc1C21c2ccccc2-c2ccccc21. The van der Waals surface area contributed by atoms with Crippen LogP contribution in [-0.4, -0.2) is 9.52 Å². The Morgan fingerprint density at radius 2 is 0.808 bits per heavy atom. The van der Waals surface area contributed by atoms with Gasteiger partial charge in [-0.15, -0.1) is 0 Å². The van der Waals surface area contributed by atoms with E-state index in [1.165, 1.54) is 33.4 Å². The van der Waals surface area contributed by atoms with E-state index in [1.807, 2.05) is 0 Å². The number of hydrogen-bond acceptors (Lipinski definition) is 0. The molecule has 1 heterocycles. The van der Waals surface area contributed by atoms with Crippen molar-refractivity contribution in [3.63, 3.8) is 0 Å². The van der Waals surface area contributed by atoms with Crippen LogP contribution in [0.25, 0.3) is 11.1 Å². The van der Waals surface area contributed by atoms with Crippen LogP contribution in [0.15, 0.2) is 97.1 Å². The first-order valence-electron chi connectivity index (χ1n) is 9.27. The van der Waals surface area contributed by atoms with Gasteiger partial charge < -0.3 is 0 Å². The molecule has 0 nitrogen and oxygen atoms in total. The molecule has 4 aromatic carbocycles. The number of hydrogen-bond donors (Lipinski definition) is 0. The molecule has 0 aromatic heterocycles. The molecule has 122 valence electrons. The van der Waals surface area contributed by atoms with Crippen LogP contribution in [0.2, 0.25) is 0 Å². The number of fused-ring (bicyclic) bond motifs is 9. The van der Waals surface area contributed by atoms with Gasteiger partial charge in [0.25, 0.3) is 0 Å². The molecule has 0 bridgehead atoms. The minimum atomic E-state index is -0.455. The van der Waals surface area contributed by atoms with Gasteiger partial charge in [-0.05, 0) is 33.4 Å². The monoisotopic (exact) mass is 346 g/mol. The van der Waals surface area contributed by atoms with E-state index in [0.717, 1.165) is 0 Å².